The molecule has 0 spiro atoms. The van der Waals surface area contributed by atoms with Gasteiger partial charge in [0, 0.05) is 11.8 Å². The van der Waals surface area contributed by atoms with Gasteiger partial charge in [-0.1, -0.05) is 46.9 Å². The van der Waals surface area contributed by atoms with Crippen molar-refractivity contribution in [3.8, 4) is 5.75 Å². The van der Waals surface area contributed by atoms with E-state index in [1.807, 2.05) is 12.1 Å². The summed E-state index contributed by atoms with van der Waals surface area (Å²) < 4.78 is 5.32. The van der Waals surface area contributed by atoms with Crippen LogP contribution < -0.4 is 15.9 Å². The van der Waals surface area contributed by atoms with E-state index < -0.39 is 5.91 Å². The first-order valence-electron chi connectivity index (χ1n) is 6.83. The third-order valence-electron chi connectivity index (χ3n) is 3.01. The highest BCUT2D eigenvalue weighted by Crippen LogP contribution is 2.33. The minimum atomic E-state index is -0.438. The largest absolute Gasteiger partial charge is 0.482 e. The van der Waals surface area contributed by atoms with Gasteiger partial charge in [-0.2, -0.15) is 5.10 Å². The molecule has 2 aromatic rings. The average Bonchev–Trinajstić information content (AvgIpc) is 2.55. The van der Waals surface area contributed by atoms with E-state index in [2.05, 4.69) is 10.5 Å². The quantitative estimate of drug-likeness (QED) is 0.351. The van der Waals surface area contributed by atoms with E-state index in [9.17, 15) is 4.79 Å². The zero-order chi connectivity index (χ0) is 17.7. The number of nitrogens with one attached hydrogen (secondary N) is 1. The minimum absolute atomic E-state index is 0.263. The third-order valence-corrected chi connectivity index (χ3v) is 4.03. The number of benzene rings is 2. The van der Waals surface area contributed by atoms with Crippen molar-refractivity contribution in [3.05, 3.63) is 57.0 Å². The zero-order valence-corrected chi connectivity index (χ0v) is 14.9. The van der Waals surface area contributed by atoms with E-state index in [-0.39, 0.29) is 22.4 Å². The highest BCUT2D eigenvalue weighted by atomic mass is 35.5. The summed E-state index contributed by atoms with van der Waals surface area (Å²) in [6.45, 7) is 1.50. The summed E-state index contributed by atoms with van der Waals surface area (Å²) in [6.07, 6.45) is 0. The van der Waals surface area contributed by atoms with Gasteiger partial charge >= 0.3 is 0 Å². The van der Waals surface area contributed by atoms with Gasteiger partial charge in [0.25, 0.3) is 5.91 Å². The lowest BCUT2D eigenvalue weighted by Crippen LogP contribution is -2.25. The van der Waals surface area contributed by atoms with Gasteiger partial charge in [-0.25, -0.2) is 5.43 Å². The lowest BCUT2D eigenvalue weighted by atomic mass is 10.1. The van der Waals surface area contributed by atoms with Gasteiger partial charge in [0.15, 0.2) is 6.61 Å². The Balaban J connectivity index is 1.93. The van der Waals surface area contributed by atoms with Crippen molar-refractivity contribution in [2.24, 2.45) is 5.10 Å². The SMILES string of the molecule is C/C(=N\NC(=O)COc1cc(Cl)c(Cl)cc1Cl)c1ccc(N)cc1. The lowest BCUT2D eigenvalue weighted by molar-refractivity contribution is -0.123. The first kappa shape index (κ1) is 18.4. The Morgan fingerprint density at radius 3 is 2.42 bits per heavy atom. The maximum absolute atomic E-state index is 11.8. The number of hydrazone groups is 1. The summed E-state index contributed by atoms with van der Waals surface area (Å²) in [7, 11) is 0. The van der Waals surface area contributed by atoms with Crippen LogP contribution in [0.1, 0.15) is 12.5 Å². The van der Waals surface area contributed by atoms with E-state index in [1.165, 1.54) is 12.1 Å². The van der Waals surface area contributed by atoms with Gasteiger partial charge in [0.05, 0.1) is 20.8 Å². The number of hydrogen-bond acceptors (Lipinski definition) is 4. The van der Waals surface area contributed by atoms with Gasteiger partial charge in [-0.15, -0.1) is 0 Å². The molecule has 0 aliphatic rings. The molecule has 0 fully saturated rings. The number of ether oxygens (including phenoxy) is 1. The van der Waals surface area contributed by atoms with Crippen LogP contribution in [0.5, 0.6) is 5.75 Å². The fourth-order valence-electron chi connectivity index (χ4n) is 1.73. The predicted molar refractivity (Wildman–Crippen MR) is 98.2 cm³/mol. The highest BCUT2D eigenvalue weighted by molar-refractivity contribution is 6.43. The second-order valence-corrected chi connectivity index (χ2v) is 6.06. The molecule has 2 aromatic carbocycles. The van der Waals surface area contributed by atoms with Crippen LogP contribution in [0, 0.1) is 0 Å². The molecule has 5 nitrogen and oxygen atoms in total. The van der Waals surface area contributed by atoms with Crippen molar-refractivity contribution in [1.29, 1.82) is 0 Å². The van der Waals surface area contributed by atoms with E-state index in [0.717, 1.165) is 5.56 Å². The summed E-state index contributed by atoms with van der Waals surface area (Å²) in [6, 6.07) is 10.0. The van der Waals surface area contributed by atoms with Crippen molar-refractivity contribution in [3.63, 3.8) is 0 Å². The Kier molecular flexibility index (Phi) is 6.31. The van der Waals surface area contributed by atoms with Crippen molar-refractivity contribution in [2.75, 3.05) is 12.3 Å². The van der Waals surface area contributed by atoms with Gasteiger partial charge < -0.3 is 10.5 Å². The number of anilines is 1. The molecular formula is C16H14Cl3N3O2. The number of hydrogen-bond donors (Lipinski definition) is 2. The Morgan fingerprint density at radius 2 is 1.75 bits per heavy atom. The second kappa shape index (κ2) is 8.24. The Bertz CT molecular complexity index is 777. The van der Waals surface area contributed by atoms with Crippen LogP contribution in [0.25, 0.3) is 0 Å². The zero-order valence-electron chi connectivity index (χ0n) is 12.6. The topological polar surface area (TPSA) is 76.7 Å². The molecule has 0 bridgehead atoms. The Hall–Kier alpha value is -1.95. The van der Waals surface area contributed by atoms with E-state index in [4.69, 9.17) is 45.3 Å². The lowest BCUT2D eigenvalue weighted by Gasteiger charge is -2.08. The fraction of sp³-hybridized carbons (Fsp3) is 0.125. The summed E-state index contributed by atoms with van der Waals surface area (Å²) >= 11 is 17.7. The molecule has 0 unspecified atom stereocenters. The first-order valence-corrected chi connectivity index (χ1v) is 7.96. The van der Waals surface area contributed by atoms with Crippen molar-refractivity contribution in [1.82, 2.24) is 5.43 Å². The van der Waals surface area contributed by atoms with E-state index in [0.29, 0.717) is 16.4 Å². The molecule has 0 radical (unpaired) electrons. The smallest absolute Gasteiger partial charge is 0.277 e. The van der Waals surface area contributed by atoms with Crippen LogP contribution in [-0.2, 0) is 4.79 Å². The number of nitrogens with two attached hydrogens (primary N) is 1. The number of nitrogen functional groups attached to an aromatic ring is 1. The Labute approximate surface area is 154 Å². The first-order chi connectivity index (χ1) is 11.4. The molecule has 0 heterocycles. The van der Waals surface area contributed by atoms with Crippen molar-refractivity contribution in [2.45, 2.75) is 6.92 Å². The van der Waals surface area contributed by atoms with Gasteiger partial charge in [-0.05, 0) is 30.7 Å². The average molecular weight is 387 g/mol. The molecule has 126 valence electrons. The standard InChI is InChI=1S/C16H14Cl3N3O2/c1-9(10-2-4-11(20)5-3-10)21-22-16(23)8-24-15-7-13(18)12(17)6-14(15)19/h2-7H,8,20H2,1H3,(H,22,23)/b21-9+. The van der Waals surface area contributed by atoms with E-state index >= 15 is 0 Å². The number of carbonyl (C=O) groups is 1. The molecule has 0 aromatic heterocycles. The molecule has 1 amide bonds. The highest BCUT2D eigenvalue weighted by Gasteiger charge is 2.09. The van der Waals surface area contributed by atoms with Crippen LogP contribution in [0.3, 0.4) is 0 Å². The summed E-state index contributed by atoms with van der Waals surface area (Å²) in [5, 5.41) is 4.86. The summed E-state index contributed by atoms with van der Waals surface area (Å²) in [5.74, 6) is -0.174. The van der Waals surface area contributed by atoms with Crippen molar-refractivity contribution >= 4 is 52.1 Å². The van der Waals surface area contributed by atoms with Crippen LogP contribution in [0.2, 0.25) is 15.1 Å². The van der Waals surface area contributed by atoms with Crippen LogP contribution in [0.4, 0.5) is 5.69 Å². The van der Waals surface area contributed by atoms with Crippen LogP contribution >= 0.6 is 34.8 Å². The summed E-state index contributed by atoms with van der Waals surface area (Å²) in [5.41, 5.74) is 10.2. The van der Waals surface area contributed by atoms with Crippen LogP contribution in [0.15, 0.2) is 41.5 Å². The second-order valence-electron chi connectivity index (χ2n) is 4.84. The monoisotopic (exact) mass is 385 g/mol. The number of halogens is 3. The number of carbonyl (C=O) groups excluding carboxylic acids is 1. The molecule has 24 heavy (non-hydrogen) atoms. The number of amides is 1. The fourth-order valence-corrected chi connectivity index (χ4v) is 2.32. The van der Waals surface area contributed by atoms with Gasteiger partial charge in [0.1, 0.15) is 5.75 Å². The van der Waals surface area contributed by atoms with Gasteiger partial charge in [-0.3, -0.25) is 4.79 Å². The molecule has 0 saturated carbocycles. The maximum Gasteiger partial charge on any atom is 0.277 e. The van der Waals surface area contributed by atoms with E-state index in [1.54, 1.807) is 19.1 Å². The summed E-state index contributed by atoms with van der Waals surface area (Å²) in [4.78, 5) is 11.8. The molecule has 8 heteroatoms. The molecule has 2 rings (SSSR count). The van der Waals surface area contributed by atoms with Crippen molar-refractivity contribution < 1.29 is 9.53 Å². The molecular weight excluding hydrogens is 373 g/mol. The third kappa shape index (κ3) is 5.03. The number of nitrogens with zero attached hydrogens (tertiary/aromatic N) is 1. The molecule has 0 atom stereocenters. The van der Waals surface area contributed by atoms with Crippen LogP contribution in [-0.4, -0.2) is 18.2 Å². The minimum Gasteiger partial charge on any atom is -0.482 e. The molecule has 0 aliphatic carbocycles. The normalized spacial score (nSPS) is 11.2. The molecule has 3 N–H and O–H groups in total. The maximum atomic E-state index is 11.8. The van der Waals surface area contributed by atoms with Gasteiger partial charge in [0.2, 0.25) is 0 Å². The molecule has 0 aliphatic heterocycles. The molecule has 0 saturated heterocycles. The Morgan fingerprint density at radius 1 is 1.12 bits per heavy atom. The number of rotatable bonds is 5. The predicted octanol–water partition coefficient (Wildman–Crippen LogP) is 4.15.